The highest BCUT2D eigenvalue weighted by Gasteiger charge is 1.87. The zero-order chi connectivity index (χ0) is 7.98. The van der Waals surface area contributed by atoms with E-state index in [0.717, 1.165) is 12.0 Å². The smallest absolute Gasteiger partial charge is 0.141 e. The maximum atomic E-state index is 10.0. The topological polar surface area (TPSA) is 71.1 Å². The number of nitrogens with zero attached hydrogens (tertiary/aromatic N) is 2. The van der Waals surface area contributed by atoms with Crippen molar-refractivity contribution in [2.24, 2.45) is 0 Å². The van der Waals surface area contributed by atoms with Gasteiger partial charge in [0.2, 0.25) is 0 Å². The summed E-state index contributed by atoms with van der Waals surface area (Å²) in [5.74, 6) is -0.00736. The van der Waals surface area contributed by atoms with Crippen LogP contribution in [-0.4, -0.2) is 30.5 Å². The first kappa shape index (κ1) is 10.1. The van der Waals surface area contributed by atoms with Crippen LogP contribution in [0.3, 0.4) is 0 Å². The maximum absolute atomic E-state index is 10.0. The second-order valence-electron chi connectivity index (χ2n) is 1.32. The second-order valence-corrected chi connectivity index (χ2v) is 1.94. The van der Waals surface area contributed by atoms with Gasteiger partial charge >= 0.3 is 0 Å². The minimum absolute atomic E-state index is 0.00736. The van der Waals surface area contributed by atoms with Gasteiger partial charge in [0, 0.05) is 19.1 Å². The summed E-state index contributed by atoms with van der Waals surface area (Å²) in [6, 6.07) is 0. The quantitative estimate of drug-likeness (QED) is 0.253. The number of rotatable bonds is 5. The fourth-order valence-electron chi connectivity index (χ4n) is 0.191. The third kappa shape index (κ3) is 8.11. The lowest BCUT2D eigenvalue weighted by molar-refractivity contribution is -0.0784. The van der Waals surface area contributed by atoms with E-state index in [0.29, 0.717) is 0 Å². The Labute approximate surface area is 63.0 Å². The van der Waals surface area contributed by atoms with Gasteiger partial charge in [-0.05, 0) is 7.05 Å². The van der Waals surface area contributed by atoms with Crippen LogP contribution in [0, 0.1) is 10.4 Å². The van der Waals surface area contributed by atoms with Gasteiger partial charge in [-0.25, -0.2) is 4.28 Å². The summed E-state index contributed by atoms with van der Waals surface area (Å²) in [6.07, 6.45) is 0. The van der Waals surface area contributed by atoms with Crippen LogP contribution in [0.4, 0.5) is 0 Å². The predicted octanol–water partition coefficient (Wildman–Crippen LogP) is 0.314. The fourth-order valence-corrected chi connectivity index (χ4v) is 0.574. The summed E-state index contributed by atoms with van der Waals surface area (Å²) >= 11 is 0.739. The molecule has 0 saturated heterocycles. The molecule has 0 fully saturated rings. The Kier molecular flexibility index (Phi) is 5.93. The van der Waals surface area contributed by atoms with E-state index in [1.54, 1.807) is 0 Å². The van der Waals surface area contributed by atoms with E-state index in [1.165, 1.54) is 14.1 Å². The zero-order valence-corrected chi connectivity index (χ0v) is 6.46. The standard InChI is InChI=1S/C3H8N2O4S/c1-4(6)8-3-10-9-5(2)7/h3H2,1-2H3/q-2. The Balaban J connectivity index is 2.91. The summed E-state index contributed by atoms with van der Waals surface area (Å²) in [6.45, 7) is 0. The largest absolute Gasteiger partial charge is 0.762 e. The summed E-state index contributed by atoms with van der Waals surface area (Å²) in [7, 11) is 2.38. The van der Waals surface area contributed by atoms with Crippen molar-refractivity contribution in [3.63, 3.8) is 0 Å². The minimum Gasteiger partial charge on any atom is -0.762 e. The molecule has 0 bridgehead atoms. The van der Waals surface area contributed by atoms with Crippen LogP contribution >= 0.6 is 12.0 Å². The Bertz CT molecular complexity index is 70.9. The molecule has 0 saturated carbocycles. The van der Waals surface area contributed by atoms with Gasteiger partial charge in [-0.1, -0.05) is 0 Å². The minimum atomic E-state index is -0.00736. The first-order chi connectivity index (χ1) is 4.63. The van der Waals surface area contributed by atoms with Crippen LogP contribution < -0.4 is 0 Å². The van der Waals surface area contributed by atoms with Gasteiger partial charge in [0.05, 0.1) is 0 Å². The van der Waals surface area contributed by atoms with Gasteiger partial charge in [0.1, 0.15) is 5.94 Å². The van der Waals surface area contributed by atoms with E-state index >= 15 is 0 Å². The summed E-state index contributed by atoms with van der Waals surface area (Å²) < 4.78 is 4.30. The Morgan fingerprint density at radius 3 is 2.30 bits per heavy atom. The number of hydroxylamine groups is 4. The van der Waals surface area contributed by atoms with E-state index < -0.39 is 0 Å². The summed E-state index contributed by atoms with van der Waals surface area (Å²) in [5, 5.41) is 20.6. The van der Waals surface area contributed by atoms with E-state index in [4.69, 9.17) is 0 Å². The fraction of sp³-hybridized carbons (Fsp3) is 1.00. The zero-order valence-electron chi connectivity index (χ0n) is 5.64. The van der Waals surface area contributed by atoms with Gasteiger partial charge in [0.25, 0.3) is 0 Å². The van der Waals surface area contributed by atoms with E-state index in [-0.39, 0.29) is 16.4 Å². The average Bonchev–Trinajstić information content (AvgIpc) is 1.79. The Morgan fingerprint density at radius 2 is 1.90 bits per heavy atom. The van der Waals surface area contributed by atoms with Crippen molar-refractivity contribution in [3.05, 3.63) is 10.4 Å². The molecule has 0 amide bonds. The molecule has 0 heterocycles. The lowest BCUT2D eigenvalue weighted by Crippen LogP contribution is -2.11. The lowest BCUT2D eigenvalue weighted by Gasteiger charge is -2.22. The van der Waals surface area contributed by atoms with Crippen LogP contribution in [-0.2, 0) is 9.12 Å². The highest BCUT2D eigenvalue weighted by atomic mass is 32.2. The van der Waals surface area contributed by atoms with E-state index in [1.807, 2.05) is 0 Å². The molecule has 0 N–H and O–H groups in total. The third-order valence-electron chi connectivity index (χ3n) is 0.440. The van der Waals surface area contributed by atoms with Gasteiger partial charge in [-0.15, -0.1) is 0 Å². The molecule has 0 aliphatic carbocycles. The van der Waals surface area contributed by atoms with Crippen molar-refractivity contribution < 1.29 is 9.12 Å². The van der Waals surface area contributed by atoms with Crippen LogP contribution in [0.5, 0.6) is 0 Å². The van der Waals surface area contributed by atoms with Crippen molar-refractivity contribution in [2.75, 3.05) is 20.0 Å². The van der Waals surface area contributed by atoms with E-state index in [9.17, 15) is 10.4 Å². The van der Waals surface area contributed by atoms with E-state index in [2.05, 4.69) is 9.12 Å². The molecular formula is C3H8N2O4S-2. The predicted molar refractivity (Wildman–Crippen MR) is 36.9 cm³/mol. The molecule has 62 valence electrons. The molecule has 0 atom stereocenters. The molecular weight excluding hydrogens is 160 g/mol. The SMILES string of the molecule is CN([O-])OCSON(C)[O-]. The first-order valence-corrected chi connectivity index (χ1v) is 3.28. The third-order valence-corrected chi connectivity index (χ3v) is 0.957. The maximum Gasteiger partial charge on any atom is 0.141 e. The highest BCUT2D eigenvalue weighted by Crippen LogP contribution is 2.04. The van der Waals surface area contributed by atoms with Crippen LogP contribution in [0.25, 0.3) is 0 Å². The molecule has 0 radical (unpaired) electrons. The lowest BCUT2D eigenvalue weighted by atomic mass is 11.5. The molecule has 0 unspecified atom stereocenters. The normalized spacial score (nSPS) is 11.4. The van der Waals surface area contributed by atoms with Crippen molar-refractivity contribution in [1.82, 2.24) is 10.5 Å². The molecule has 0 aliphatic heterocycles. The monoisotopic (exact) mass is 168 g/mol. The number of hydrogen-bond acceptors (Lipinski definition) is 7. The first-order valence-electron chi connectivity index (χ1n) is 2.37. The molecule has 0 aromatic carbocycles. The van der Waals surface area contributed by atoms with Crippen LogP contribution in [0.1, 0.15) is 0 Å². The molecule has 0 aliphatic rings. The van der Waals surface area contributed by atoms with Gasteiger partial charge < -0.3 is 10.4 Å². The number of hydrogen-bond donors (Lipinski definition) is 0. The average molecular weight is 168 g/mol. The summed E-state index contributed by atoms with van der Waals surface area (Å²) in [4.78, 5) is 4.34. The van der Waals surface area contributed by atoms with Gasteiger partial charge in [-0.2, -0.15) is 0 Å². The molecule has 0 aromatic heterocycles. The van der Waals surface area contributed by atoms with Crippen molar-refractivity contribution >= 4 is 12.0 Å². The van der Waals surface area contributed by atoms with Gasteiger partial charge in [-0.3, -0.25) is 15.3 Å². The molecule has 6 nitrogen and oxygen atoms in total. The molecule has 7 heteroatoms. The van der Waals surface area contributed by atoms with Crippen molar-refractivity contribution in [2.45, 2.75) is 0 Å². The van der Waals surface area contributed by atoms with Crippen LogP contribution in [0.2, 0.25) is 0 Å². The molecule has 0 spiro atoms. The molecule has 0 rings (SSSR count). The summed E-state index contributed by atoms with van der Waals surface area (Å²) in [5.41, 5.74) is 0. The Hall–Kier alpha value is 0.110. The van der Waals surface area contributed by atoms with Crippen molar-refractivity contribution in [3.8, 4) is 0 Å². The molecule has 0 aromatic rings. The van der Waals surface area contributed by atoms with Gasteiger partial charge in [0.15, 0.2) is 0 Å². The second kappa shape index (κ2) is 5.86. The highest BCUT2D eigenvalue weighted by molar-refractivity contribution is 7.94. The van der Waals surface area contributed by atoms with Crippen LogP contribution in [0.15, 0.2) is 0 Å². The Morgan fingerprint density at radius 1 is 1.30 bits per heavy atom. The molecule has 10 heavy (non-hydrogen) atoms. The van der Waals surface area contributed by atoms with Crippen molar-refractivity contribution in [1.29, 1.82) is 0 Å².